The van der Waals surface area contributed by atoms with Crippen LogP contribution in [0.2, 0.25) is 0 Å². The van der Waals surface area contributed by atoms with Gasteiger partial charge in [0.05, 0.1) is 1.37 Å². The van der Waals surface area contributed by atoms with E-state index in [-0.39, 0.29) is 0 Å². The largest absolute Gasteiger partial charge is 0.0998 e. The van der Waals surface area contributed by atoms with Crippen LogP contribution in [-0.2, 0) is 0 Å². The van der Waals surface area contributed by atoms with Crippen molar-refractivity contribution >= 4 is 0 Å². The van der Waals surface area contributed by atoms with E-state index >= 15 is 0 Å². The smallest absolute Gasteiger partial charge is 0.0576 e. The molecule has 0 saturated heterocycles. The van der Waals surface area contributed by atoms with Crippen LogP contribution in [0.25, 0.3) is 0 Å². The van der Waals surface area contributed by atoms with Crippen LogP contribution < -0.4 is 0 Å². The molecule has 14 heavy (non-hydrogen) atoms. The first-order valence-electron chi connectivity index (χ1n) is 6.23. The Morgan fingerprint density at radius 1 is 1.71 bits per heavy atom. The van der Waals surface area contributed by atoms with E-state index in [1.807, 2.05) is 0 Å². The van der Waals surface area contributed by atoms with Gasteiger partial charge in [0.2, 0.25) is 0 Å². The minimum atomic E-state index is 0.546. The fourth-order valence-electron chi connectivity index (χ4n) is 2.25. The summed E-state index contributed by atoms with van der Waals surface area (Å²) in [5.74, 6) is 1.89. The first-order valence-corrected chi connectivity index (χ1v) is 5.73. The lowest BCUT2D eigenvalue weighted by Gasteiger charge is -2.30. The molecule has 0 nitrogen and oxygen atoms in total. The number of allylic oxidation sites excluding steroid dienone is 3. The Balaban J connectivity index is 2.78. The highest BCUT2D eigenvalue weighted by Gasteiger charge is 2.22. The van der Waals surface area contributed by atoms with E-state index in [1.54, 1.807) is 0 Å². The van der Waals surface area contributed by atoms with Gasteiger partial charge in [-0.15, -0.1) is 0 Å². The zero-order valence-electron chi connectivity index (χ0n) is 11.1. The van der Waals surface area contributed by atoms with E-state index in [1.165, 1.54) is 24.0 Å². The monoisotopic (exact) mass is 193 g/mol. The maximum Gasteiger partial charge on any atom is 0.0576 e. The molecule has 1 aliphatic rings. The molecule has 0 fully saturated rings. The van der Waals surface area contributed by atoms with Crippen molar-refractivity contribution < 1.29 is 1.37 Å². The highest BCUT2D eigenvalue weighted by Crippen LogP contribution is 2.35. The number of hydrogen-bond donors (Lipinski definition) is 0. The summed E-state index contributed by atoms with van der Waals surface area (Å²) in [4.78, 5) is 0. The molecule has 1 aliphatic carbocycles. The van der Waals surface area contributed by atoms with Crippen molar-refractivity contribution in [2.45, 2.75) is 47.0 Å². The second-order valence-electron chi connectivity index (χ2n) is 5.17. The molecule has 0 aromatic heterocycles. The zero-order valence-corrected chi connectivity index (χ0v) is 10.1. The fraction of sp³-hybridized carbons (Fsp3) is 0.714. The van der Waals surface area contributed by atoms with Gasteiger partial charge in [-0.25, -0.2) is 0 Å². The maximum atomic E-state index is 8.01. The molecule has 0 heterocycles. The molecule has 0 aromatic rings. The van der Waals surface area contributed by atoms with Gasteiger partial charge in [-0.1, -0.05) is 37.6 Å². The molecule has 0 N–H and O–H groups in total. The van der Waals surface area contributed by atoms with E-state index in [0.717, 1.165) is 18.4 Å². The SMILES string of the molecule is [2H]C1=C(C)[C@H](CC(C)C)C[C@@H](C(=C)C)C1. The molecule has 0 amide bonds. The summed E-state index contributed by atoms with van der Waals surface area (Å²) in [5, 5.41) is 0. The molecular formula is C14H24. The Hall–Kier alpha value is -0.520. The first-order chi connectivity index (χ1) is 6.91. The average Bonchev–Trinajstić information content (AvgIpc) is 2.11. The molecule has 0 spiro atoms. The Labute approximate surface area is 90.5 Å². The predicted molar refractivity (Wildman–Crippen MR) is 64.2 cm³/mol. The Morgan fingerprint density at radius 2 is 2.36 bits per heavy atom. The van der Waals surface area contributed by atoms with Gasteiger partial charge in [-0.2, -0.15) is 0 Å². The topological polar surface area (TPSA) is 0 Å². The Kier molecular flexibility index (Phi) is 3.44. The van der Waals surface area contributed by atoms with Crippen LogP contribution >= 0.6 is 0 Å². The molecule has 0 saturated carbocycles. The van der Waals surface area contributed by atoms with E-state index < -0.39 is 0 Å². The minimum absolute atomic E-state index is 0.546. The standard InChI is InChI=1S/C14H24/c1-10(2)8-14-9-13(11(3)4)7-6-12(14)5/h6,10,13-14H,3,7-9H2,1-2,4-5H3/t13-,14+/m0/s1/i6D. The lowest BCUT2D eigenvalue weighted by atomic mass is 9.76. The lowest BCUT2D eigenvalue weighted by molar-refractivity contribution is 0.364. The molecule has 2 atom stereocenters. The zero-order chi connectivity index (χ0) is 11.6. The number of rotatable bonds is 3. The van der Waals surface area contributed by atoms with Crippen molar-refractivity contribution in [1.82, 2.24) is 0 Å². The van der Waals surface area contributed by atoms with Crippen LogP contribution in [0.4, 0.5) is 0 Å². The Morgan fingerprint density at radius 3 is 2.86 bits per heavy atom. The van der Waals surface area contributed by atoms with E-state index in [4.69, 9.17) is 1.37 Å². The average molecular weight is 193 g/mol. The molecule has 0 aromatic carbocycles. The summed E-state index contributed by atoms with van der Waals surface area (Å²) in [5.41, 5.74) is 2.57. The molecule has 0 aliphatic heterocycles. The first kappa shape index (κ1) is 10.0. The molecular weight excluding hydrogens is 168 g/mol. The summed E-state index contributed by atoms with van der Waals surface area (Å²) in [7, 11) is 0. The third-order valence-corrected chi connectivity index (χ3v) is 3.26. The number of hydrogen-bond acceptors (Lipinski definition) is 0. The van der Waals surface area contributed by atoms with Crippen molar-refractivity contribution in [2.75, 3.05) is 0 Å². The predicted octanol–water partition coefficient (Wildman–Crippen LogP) is 4.58. The van der Waals surface area contributed by atoms with Crippen molar-refractivity contribution in [2.24, 2.45) is 17.8 Å². The highest BCUT2D eigenvalue weighted by molar-refractivity contribution is 5.13. The van der Waals surface area contributed by atoms with E-state index in [2.05, 4.69) is 34.3 Å². The van der Waals surface area contributed by atoms with Crippen LogP contribution in [0.1, 0.15) is 48.3 Å². The van der Waals surface area contributed by atoms with Gasteiger partial charge in [0.1, 0.15) is 0 Å². The van der Waals surface area contributed by atoms with Gasteiger partial charge in [0.25, 0.3) is 0 Å². The van der Waals surface area contributed by atoms with Gasteiger partial charge < -0.3 is 0 Å². The lowest BCUT2D eigenvalue weighted by Crippen LogP contribution is -2.17. The highest BCUT2D eigenvalue weighted by atomic mass is 14.3. The molecule has 1 rings (SSSR count). The van der Waals surface area contributed by atoms with Crippen molar-refractivity contribution in [3.63, 3.8) is 0 Å². The summed E-state index contributed by atoms with van der Waals surface area (Å²) >= 11 is 0. The minimum Gasteiger partial charge on any atom is -0.0998 e. The quantitative estimate of drug-likeness (QED) is 0.575. The van der Waals surface area contributed by atoms with E-state index in [0.29, 0.717) is 11.8 Å². The summed E-state index contributed by atoms with van der Waals surface area (Å²) < 4.78 is 8.01. The summed E-state index contributed by atoms with van der Waals surface area (Å²) in [6.07, 6.45) is 3.34. The second kappa shape index (κ2) is 4.82. The van der Waals surface area contributed by atoms with Gasteiger partial charge >= 0.3 is 0 Å². The van der Waals surface area contributed by atoms with Gasteiger partial charge in [0.15, 0.2) is 0 Å². The molecule has 0 radical (unpaired) electrons. The van der Waals surface area contributed by atoms with Crippen molar-refractivity contribution in [3.8, 4) is 0 Å². The van der Waals surface area contributed by atoms with Crippen LogP contribution in [0, 0.1) is 17.8 Å². The molecule has 0 bridgehead atoms. The molecule has 0 heteroatoms. The van der Waals surface area contributed by atoms with Crippen molar-refractivity contribution in [3.05, 3.63) is 23.8 Å². The molecule has 0 unspecified atom stereocenters. The normalized spacial score (nSPS) is 29.4. The summed E-state index contributed by atoms with van der Waals surface area (Å²) in [6.45, 7) is 12.8. The van der Waals surface area contributed by atoms with E-state index in [9.17, 15) is 0 Å². The third-order valence-electron chi connectivity index (χ3n) is 3.26. The van der Waals surface area contributed by atoms with Crippen LogP contribution in [0.5, 0.6) is 0 Å². The Bertz CT molecular complexity index is 273. The van der Waals surface area contributed by atoms with Gasteiger partial charge in [-0.3, -0.25) is 0 Å². The fourth-order valence-corrected chi connectivity index (χ4v) is 2.25. The third kappa shape index (κ3) is 3.01. The summed E-state index contributed by atoms with van der Waals surface area (Å²) in [6, 6.07) is 0.861. The maximum absolute atomic E-state index is 8.01. The van der Waals surface area contributed by atoms with Crippen LogP contribution in [0.15, 0.2) is 23.8 Å². The van der Waals surface area contributed by atoms with Gasteiger partial charge in [-0.05, 0) is 50.9 Å². The van der Waals surface area contributed by atoms with Crippen LogP contribution in [-0.4, -0.2) is 0 Å². The molecule has 80 valence electrons. The second-order valence-corrected chi connectivity index (χ2v) is 5.17. The van der Waals surface area contributed by atoms with Crippen molar-refractivity contribution in [1.29, 1.82) is 0 Å². The van der Waals surface area contributed by atoms with Crippen LogP contribution in [0.3, 0.4) is 0 Å². The van der Waals surface area contributed by atoms with Gasteiger partial charge in [0, 0.05) is 0 Å².